The molecule has 0 spiro atoms. The minimum absolute atomic E-state index is 0.143. The van der Waals surface area contributed by atoms with Gasteiger partial charge in [0.1, 0.15) is 5.82 Å². The Morgan fingerprint density at radius 1 is 1.14 bits per heavy atom. The number of urea groups is 1. The normalized spacial score (nSPS) is 23.2. The van der Waals surface area contributed by atoms with Gasteiger partial charge in [0.25, 0.3) is 0 Å². The van der Waals surface area contributed by atoms with Gasteiger partial charge in [-0.2, -0.15) is 5.26 Å². The van der Waals surface area contributed by atoms with Crippen LogP contribution in [0.2, 0.25) is 0 Å². The fourth-order valence-corrected chi connectivity index (χ4v) is 6.09. The molecule has 0 radical (unpaired) electrons. The van der Waals surface area contributed by atoms with Gasteiger partial charge >= 0.3 is 6.03 Å². The van der Waals surface area contributed by atoms with Crippen LogP contribution in [0.4, 0.5) is 14.9 Å². The molecule has 1 unspecified atom stereocenters. The number of nitrogens with zero attached hydrogens (tertiary/aromatic N) is 3. The molecule has 2 saturated carbocycles. The van der Waals surface area contributed by atoms with Gasteiger partial charge in [-0.25, -0.2) is 9.18 Å². The molecule has 2 aromatic carbocycles. The minimum Gasteiger partial charge on any atom is -0.320 e. The van der Waals surface area contributed by atoms with Crippen molar-refractivity contribution in [3.8, 4) is 6.07 Å². The summed E-state index contributed by atoms with van der Waals surface area (Å²) in [5, 5.41) is 12.3. The first-order chi connectivity index (χ1) is 16.7. The first kappa shape index (κ1) is 25.2. The molecule has 35 heavy (non-hydrogen) atoms. The van der Waals surface area contributed by atoms with Crippen molar-refractivity contribution in [3.63, 3.8) is 0 Å². The zero-order chi connectivity index (χ0) is 25.2. The fourth-order valence-electron chi connectivity index (χ4n) is 6.09. The summed E-state index contributed by atoms with van der Waals surface area (Å²) < 4.78 is 13.7. The van der Waals surface area contributed by atoms with Crippen molar-refractivity contribution in [1.82, 2.24) is 9.80 Å². The SMILES string of the molecule is CC(C)N(CCN(C(=O)Nc1cccc(F)c1)[C@H]1CC[C@]2(c3cccc(C#N)c3)CC2C1)C(C)C. The third kappa shape index (κ3) is 5.51. The molecule has 2 amide bonds. The Labute approximate surface area is 208 Å². The topological polar surface area (TPSA) is 59.4 Å². The van der Waals surface area contributed by atoms with E-state index >= 15 is 0 Å². The number of nitrogens with one attached hydrogen (secondary N) is 1. The quantitative estimate of drug-likeness (QED) is 0.496. The molecule has 2 aromatic rings. The number of halogens is 1. The highest BCUT2D eigenvalue weighted by atomic mass is 19.1. The van der Waals surface area contributed by atoms with Gasteiger partial charge in [-0.05, 0) is 101 Å². The monoisotopic (exact) mass is 476 g/mol. The van der Waals surface area contributed by atoms with E-state index in [4.69, 9.17) is 0 Å². The summed E-state index contributed by atoms with van der Waals surface area (Å²) in [7, 11) is 0. The Bertz CT molecular complexity index is 1090. The summed E-state index contributed by atoms with van der Waals surface area (Å²) in [6, 6.07) is 17.1. The van der Waals surface area contributed by atoms with Gasteiger partial charge in [0.15, 0.2) is 0 Å². The van der Waals surface area contributed by atoms with Crippen molar-refractivity contribution < 1.29 is 9.18 Å². The summed E-state index contributed by atoms with van der Waals surface area (Å²) in [6.45, 7) is 10.2. The van der Waals surface area contributed by atoms with Gasteiger partial charge in [-0.1, -0.05) is 18.2 Å². The Hall–Kier alpha value is -2.91. The first-order valence-corrected chi connectivity index (χ1v) is 12.8. The predicted molar refractivity (Wildman–Crippen MR) is 138 cm³/mol. The molecule has 0 saturated heterocycles. The van der Waals surface area contributed by atoms with Gasteiger partial charge in [0.05, 0.1) is 11.6 Å². The number of amides is 2. The number of fused-ring (bicyclic) bond motifs is 1. The maximum absolute atomic E-state index is 13.7. The third-order valence-electron chi connectivity index (χ3n) is 7.98. The molecule has 2 aliphatic rings. The molecule has 3 atom stereocenters. The van der Waals surface area contributed by atoms with E-state index in [-0.39, 0.29) is 23.3 Å². The Morgan fingerprint density at radius 3 is 2.54 bits per heavy atom. The number of hydrogen-bond acceptors (Lipinski definition) is 3. The summed E-state index contributed by atoms with van der Waals surface area (Å²) >= 11 is 0. The molecule has 0 aliphatic heterocycles. The van der Waals surface area contributed by atoms with Crippen molar-refractivity contribution in [2.45, 2.75) is 76.9 Å². The van der Waals surface area contributed by atoms with E-state index < -0.39 is 0 Å². The zero-order valence-electron chi connectivity index (χ0n) is 21.3. The number of benzene rings is 2. The second-order valence-corrected chi connectivity index (χ2v) is 10.7. The van der Waals surface area contributed by atoms with E-state index in [1.807, 2.05) is 23.1 Å². The standard InChI is InChI=1S/C29H37FN4O/c1-20(2)33(21(3)4)13-14-34(28(35)32-26-10-6-9-25(30)17-26)27-11-12-29(18-24(29)16-27)23-8-5-7-22(15-23)19-31/h5-10,15,17,20-21,24,27H,11-14,16,18H2,1-4H3,(H,32,35)/t24?,27-,29+/m0/s1. The first-order valence-electron chi connectivity index (χ1n) is 12.8. The highest BCUT2D eigenvalue weighted by molar-refractivity contribution is 5.89. The van der Waals surface area contributed by atoms with Gasteiger partial charge in [0, 0.05) is 36.9 Å². The van der Waals surface area contributed by atoms with Crippen LogP contribution in [0.3, 0.4) is 0 Å². The molecule has 4 rings (SSSR count). The lowest BCUT2D eigenvalue weighted by atomic mass is 9.80. The van der Waals surface area contributed by atoms with E-state index in [0.29, 0.717) is 35.8 Å². The van der Waals surface area contributed by atoms with Crippen LogP contribution in [-0.2, 0) is 5.41 Å². The van der Waals surface area contributed by atoms with E-state index in [2.05, 4.69) is 50.0 Å². The van der Waals surface area contributed by atoms with E-state index in [1.165, 1.54) is 17.7 Å². The van der Waals surface area contributed by atoms with Gasteiger partial charge in [-0.15, -0.1) is 0 Å². The molecule has 0 bridgehead atoms. The zero-order valence-corrected chi connectivity index (χ0v) is 21.3. The van der Waals surface area contributed by atoms with E-state index in [9.17, 15) is 14.4 Å². The molecule has 0 aromatic heterocycles. The molecular weight excluding hydrogens is 439 g/mol. The molecule has 2 fully saturated rings. The molecule has 1 N–H and O–H groups in total. The van der Waals surface area contributed by atoms with Crippen LogP contribution in [0.1, 0.15) is 64.5 Å². The predicted octanol–water partition coefficient (Wildman–Crippen LogP) is 6.16. The number of carbonyl (C=O) groups is 1. The van der Waals surface area contributed by atoms with Gasteiger partial charge in [-0.3, -0.25) is 4.90 Å². The van der Waals surface area contributed by atoms with E-state index in [0.717, 1.165) is 32.2 Å². The minimum atomic E-state index is -0.361. The van der Waals surface area contributed by atoms with Gasteiger partial charge < -0.3 is 10.2 Å². The Balaban J connectivity index is 1.50. The largest absolute Gasteiger partial charge is 0.322 e. The number of hydrogen-bond donors (Lipinski definition) is 1. The highest BCUT2D eigenvalue weighted by Crippen LogP contribution is 2.62. The number of rotatable bonds is 8. The highest BCUT2D eigenvalue weighted by Gasteiger charge is 2.58. The van der Waals surface area contributed by atoms with E-state index in [1.54, 1.807) is 12.1 Å². The fraction of sp³-hybridized carbons (Fsp3) is 0.517. The van der Waals surface area contributed by atoms with Crippen LogP contribution in [0, 0.1) is 23.1 Å². The maximum atomic E-state index is 13.7. The number of anilines is 1. The molecular formula is C29H37FN4O. The summed E-state index contributed by atoms with van der Waals surface area (Å²) in [4.78, 5) is 17.9. The summed E-state index contributed by atoms with van der Waals surface area (Å²) in [5.74, 6) is 0.158. The molecule has 2 aliphatic carbocycles. The second-order valence-electron chi connectivity index (χ2n) is 10.7. The molecule has 186 valence electrons. The van der Waals surface area contributed by atoms with Crippen LogP contribution in [-0.4, -0.2) is 47.0 Å². The van der Waals surface area contributed by atoms with Crippen LogP contribution in [0.25, 0.3) is 0 Å². The molecule has 0 heterocycles. The maximum Gasteiger partial charge on any atom is 0.322 e. The summed E-state index contributed by atoms with van der Waals surface area (Å²) in [5.41, 5.74) is 2.61. The van der Waals surface area contributed by atoms with Crippen molar-refractivity contribution >= 4 is 11.7 Å². The van der Waals surface area contributed by atoms with Crippen molar-refractivity contribution in [3.05, 3.63) is 65.5 Å². The molecule has 6 heteroatoms. The Kier molecular flexibility index (Phi) is 7.47. The second kappa shape index (κ2) is 10.4. The number of carbonyl (C=O) groups excluding carboxylic acids is 1. The third-order valence-corrected chi connectivity index (χ3v) is 7.98. The van der Waals surface area contributed by atoms with Crippen LogP contribution in [0.5, 0.6) is 0 Å². The molecule has 5 nitrogen and oxygen atoms in total. The smallest absolute Gasteiger partial charge is 0.320 e. The lowest BCUT2D eigenvalue weighted by Gasteiger charge is -2.39. The van der Waals surface area contributed by atoms with Crippen molar-refractivity contribution in [1.29, 1.82) is 5.26 Å². The van der Waals surface area contributed by atoms with Gasteiger partial charge in [0.2, 0.25) is 0 Å². The van der Waals surface area contributed by atoms with Crippen LogP contribution in [0.15, 0.2) is 48.5 Å². The van der Waals surface area contributed by atoms with Crippen molar-refractivity contribution in [2.24, 2.45) is 5.92 Å². The number of nitriles is 1. The van der Waals surface area contributed by atoms with Crippen LogP contribution < -0.4 is 5.32 Å². The summed E-state index contributed by atoms with van der Waals surface area (Å²) in [6.07, 6.45) is 4.00. The lowest BCUT2D eigenvalue weighted by Crippen LogP contribution is -2.50. The average Bonchev–Trinajstić information content (AvgIpc) is 3.56. The lowest BCUT2D eigenvalue weighted by molar-refractivity contribution is 0.120. The Morgan fingerprint density at radius 2 is 1.89 bits per heavy atom. The van der Waals surface area contributed by atoms with Crippen LogP contribution >= 0.6 is 0 Å². The average molecular weight is 477 g/mol. The van der Waals surface area contributed by atoms with Crippen molar-refractivity contribution in [2.75, 3.05) is 18.4 Å².